The number of likely N-dealkylation sites (N-methyl/N-ethyl adjacent to an activating group) is 1. The van der Waals surface area contributed by atoms with E-state index in [9.17, 15) is 19.0 Å². The zero-order valence-electron chi connectivity index (χ0n) is 48.6. The van der Waals surface area contributed by atoms with Crippen LogP contribution < -0.4 is 0 Å². The van der Waals surface area contributed by atoms with Crippen molar-refractivity contribution in [1.82, 2.24) is 0 Å². The molecule has 0 rings (SSSR count). The Hall–Kier alpha value is -2.81. The predicted octanol–water partition coefficient (Wildman–Crippen LogP) is 19.0. The molecule has 0 saturated carbocycles. The molecule has 0 aliphatic rings. The van der Waals surface area contributed by atoms with Gasteiger partial charge in [0, 0.05) is 12.8 Å². The van der Waals surface area contributed by atoms with E-state index in [4.69, 9.17) is 18.5 Å². The standard InChI is InChI=1S/C64H114NO8P/c1-6-8-10-12-14-16-18-20-22-24-26-28-30-32-34-36-38-40-42-44-46-48-50-52-54-56-63(66)70-60-62(61-72-74(68,69)71-59-58-65(3,4)5)73-64(67)57-55-53-51-49-47-45-43-41-39-37-35-33-31-29-27-25-23-21-19-17-15-13-11-9-7-2/h9,11,15,17-18,20-21,23-24,26-27,29,33,35,62H,6-8,10,12-14,16,19,22,25,28,30-32,34,36-61H2,1-5H3/p+1/b11-9-,17-15-,20-18-,23-21-,26-24-,29-27-,35-33-. The number of carbonyl (C=O) groups excluding carboxylic acids is 2. The molecule has 0 aromatic rings. The second kappa shape index (κ2) is 55.0. The summed E-state index contributed by atoms with van der Waals surface area (Å²) in [7, 11) is 1.47. The summed E-state index contributed by atoms with van der Waals surface area (Å²) in [5.41, 5.74) is 0. The fourth-order valence-corrected chi connectivity index (χ4v) is 8.99. The van der Waals surface area contributed by atoms with Gasteiger partial charge in [0.15, 0.2) is 6.10 Å². The average molecular weight is 1060 g/mol. The summed E-state index contributed by atoms with van der Waals surface area (Å²) < 4.78 is 34.6. The minimum Gasteiger partial charge on any atom is -0.462 e. The van der Waals surface area contributed by atoms with Gasteiger partial charge in [-0.1, -0.05) is 240 Å². The lowest BCUT2D eigenvalue weighted by molar-refractivity contribution is -0.870. The molecular weight excluding hydrogens is 942 g/mol. The van der Waals surface area contributed by atoms with E-state index in [-0.39, 0.29) is 32.0 Å². The van der Waals surface area contributed by atoms with Crippen molar-refractivity contribution in [2.24, 2.45) is 0 Å². The van der Waals surface area contributed by atoms with Crippen LogP contribution in [0.1, 0.15) is 258 Å². The van der Waals surface area contributed by atoms with Crippen LogP contribution in [0.2, 0.25) is 0 Å². The van der Waals surface area contributed by atoms with Gasteiger partial charge in [-0.15, -0.1) is 0 Å². The maximum absolute atomic E-state index is 12.8. The molecule has 0 fully saturated rings. The Kier molecular flexibility index (Phi) is 52.9. The molecule has 0 aliphatic heterocycles. The zero-order valence-corrected chi connectivity index (χ0v) is 49.5. The third kappa shape index (κ3) is 58.5. The molecule has 9 nitrogen and oxygen atoms in total. The summed E-state index contributed by atoms with van der Waals surface area (Å²) in [5.74, 6) is -0.803. The summed E-state index contributed by atoms with van der Waals surface area (Å²) in [4.78, 5) is 35.8. The van der Waals surface area contributed by atoms with E-state index in [1.807, 2.05) is 21.1 Å². The summed E-state index contributed by atoms with van der Waals surface area (Å²) in [6.07, 6.45) is 73.6. The molecule has 0 radical (unpaired) electrons. The monoisotopic (exact) mass is 1060 g/mol. The van der Waals surface area contributed by atoms with Crippen LogP contribution in [0.4, 0.5) is 0 Å². The second-order valence-corrected chi connectivity index (χ2v) is 22.8. The number of phosphoric acid groups is 1. The van der Waals surface area contributed by atoms with E-state index in [1.54, 1.807) is 0 Å². The number of allylic oxidation sites excluding steroid dienone is 14. The third-order valence-corrected chi connectivity index (χ3v) is 13.9. The number of unbranched alkanes of at least 4 members (excludes halogenated alkanes) is 27. The number of quaternary nitrogens is 1. The van der Waals surface area contributed by atoms with Gasteiger partial charge < -0.3 is 18.9 Å². The first-order chi connectivity index (χ1) is 36.0. The number of nitrogens with zero attached hydrogens (tertiary/aromatic N) is 1. The number of ether oxygens (including phenoxy) is 2. The molecule has 0 aromatic carbocycles. The van der Waals surface area contributed by atoms with Crippen molar-refractivity contribution in [1.29, 1.82) is 0 Å². The van der Waals surface area contributed by atoms with Crippen molar-refractivity contribution in [3.8, 4) is 0 Å². The van der Waals surface area contributed by atoms with Crippen LogP contribution in [-0.4, -0.2) is 74.9 Å². The van der Waals surface area contributed by atoms with E-state index in [2.05, 4.69) is 98.9 Å². The maximum atomic E-state index is 12.8. The van der Waals surface area contributed by atoms with E-state index in [0.717, 1.165) is 83.5 Å². The second-order valence-electron chi connectivity index (χ2n) is 21.4. The zero-order chi connectivity index (χ0) is 54.2. The Morgan fingerprint density at radius 3 is 1.15 bits per heavy atom. The fourth-order valence-electron chi connectivity index (χ4n) is 8.25. The smallest absolute Gasteiger partial charge is 0.462 e. The highest BCUT2D eigenvalue weighted by atomic mass is 31.2. The molecular formula is C64H115NO8P+. The van der Waals surface area contributed by atoms with Gasteiger partial charge in [-0.3, -0.25) is 18.6 Å². The summed E-state index contributed by atoms with van der Waals surface area (Å²) in [6.45, 7) is 4.32. The number of rotatable bonds is 55. The first-order valence-corrected chi connectivity index (χ1v) is 31.8. The van der Waals surface area contributed by atoms with Gasteiger partial charge in [0.25, 0.3) is 0 Å². The molecule has 0 bridgehead atoms. The van der Waals surface area contributed by atoms with Crippen molar-refractivity contribution in [2.75, 3.05) is 47.5 Å². The lowest BCUT2D eigenvalue weighted by Crippen LogP contribution is -2.37. The maximum Gasteiger partial charge on any atom is 0.472 e. The van der Waals surface area contributed by atoms with Gasteiger partial charge in [-0.25, -0.2) is 4.57 Å². The lowest BCUT2D eigenvalue weighted by Gasteiger charge is -2.24. The van der Waals surface area contributed by atoms with Crippen molar-refractivity contribution < 1.29 is 42.1 Å². The van der Waals surface area contributed by atoms with Crippen molar-refractivity contribution >= 4 is 19.8 Å². The molecule has 2 unspecified atom stereocenters. The van der Waals surface area contributed by atoms with E-state index in [1.165, 1.54) is 141 Å². The summed E-state index contributed by atoms with van der Waals surface area (Å²) in [6, 6.07) is 0. The highest BCUT2D eigenvalue weighted by molar-refractivity contribution is 7.47. The Bertz CT molecular complexity index is 1520. The highest BCUT2D eigenvalue weighted by Crippen LogP contribution is 2.43. The van der Waals surface area contributed by atoms with Crippen LogP contribution in [0.15, 0.2) is 85.1 Å². The van der Waals surface area contributed by atoms with Gasteiger partial charge in [0.1, 0.15) is 19.8 Å². The van der Waals surface area contributed by atoms with Crippen molar-refractivity contribution in [3.05, 3.63) is 85.1 Å². The van der Waals surface area contributed by atoms with Crippen molar-refractivity contribution in [3.63, 3.8) is 0 Å². The molecule has 0 amide bonds. The van der Waals surface area contributed by atoms with Gasteiger partial charge in [0.2, 0.25) is 0 Å². The Morgan fingerprint density at radius 2 is 0.770 bits per heavy atom. The number of hydrogen-bond acceptors (Lipinski definition) is 7. The molecule has 0 aliphatic carbocycles. The Balaban J connectivity index is 4.16. The molecule has 428 valence electrons. The first kappa shape index (κ1) is 71.2. The SMILES string of the molecule is CC/C=C\C/C=C\C/C=C\C/C=C\C/C=C\CCCCCCCCCCCC(=O)OC(COC(=O)CCCCCCCCCCCCCCC/C=C\C/C=C\CCCCCCC)COP(=O)(O)OCC[N+](C)(C)C. The first-order valence-electron chi connectivity index (χ1n) is 30.3. The minimum absolute atomic E-state index is 0.0271. The number of carbonyl (C=O) groups is 2. The molecule has 74 heavy (non-hydrogen) atoms. The fraction of sp³-hybridized carbons (Fsp3) is 0.750. The predicted molar refractivity (Wildman–Crippen MR) is 316 cm³/mol. The quantitative estimate of drug-likeness (QED) is 0.0211. The lowest BCUT2D eigenvalue weighted by atomic mass is 10.0. The Labute approximate surface area is 456 Å². The molecule has 10 heteroatoms. The third-order valence-electron chi connectivity index (χ3n) is 12.9. The van der Waals surface area contributed by atoms with Crippen LogP contribution >= 0.6 is 7.82 Å². The largest absolute Gasteiger partial charge is 0.472 e. The van der Waals surface area contributed by atoms with Crippen LogP contribution in [0.25, 0.3) is 0 Å². The Morgan fingerprint density at radius 1 is 0.432 bits per heavy atom. The van der Waals surface area contributed by atoms with Gasteiger partial charge >= 0.3 is 19.8 Å². The highest BCUT2D eigenvalue weighted by Gasteiger charge is 2.27. The number of phosphoric ester groups is 1. The van der Waals surface area contributed by atoms with Crippen LogP contribution in [0, 0.1) is 0 Å². The molecule has 2 atom stereocenters. The van der Waals surface area contributed by atoms with Gasteiger partial charge in [-0.2, -0.15) is 0 Å². The van der Waals surface area contributed by atoms with Crippen LogP contribution in [-0.2, 0) is 32.7 Å². The molecule has 1 N–H and O–H groups in total. The van der Waals surface area contributed by atoms with Crippen LogP contribution in [0.3, 0.4) is 0 Å². The van der Waals surface area contributed by atoms with E-state index < -0.39 is 26.5 Å². The topological polar surface area (TPSA) is 108 Å². The van der Waals surface area contributed by atoms with Crippen LogP contribution in [0.5, 0.6) is 0 Å². The molecule has 0 spiro atoms. The average Bonchev–Trinajstić information content (AvgIpc) is 3.36. The van der Waals surface area contributed by atoms with E-state index in [0.29, 0.717) is 17.4 Å². The molecule has 0 saturated heterocycles. The minimum atomic E-state index is -4.39. The van der Waals surface area contributed by atoms with Gasteiger partial charge in [-0.05, 0) is 89.9 Å². The van der Waals surface area contributed by atoms with E-state index >= 15 is 0 Å². The number of hydrogen-bond donors (Lipinski definition) is 1. The molecule has 0 heterocycles. The summed E-state index contributed by atoms with van der Waals surface area (Å²) >= 11 is 0. The number of esters is 2. The normalized spacial score (nSPS) is 13.9. The molecule has 0 aromatic heterocycles. The van der Waals surface area contributed by atoms with Gasteiger partial charge in [0.05, 0.1) is 27.7 Å². The summed E-state index contributed by atoms with van der Waals surface area (Å²) in [5, 5.41) is 0. The van der Waals surface area contributed by atoms with Crippen molar-refractivity contribution in [2.45, 2.75) is 264 Å².